The third kappa shape index (κ3) is 2.74. The summed E-state index contributed by atoms with van der Waals surface area (Å²) in [4.78, 5) is 25.0. The van der Waals surface area contributed by atoms with Gasteiger partial charge in [0.25, 0.3) is 0 Å². The molecule has 1 aliphatic heterocycles. The van der Waals surface area contributed by atoms with Crippen LogP contribution in [-0.2, 0) is 0 Å². The molecule has 116 valence electrons. The third-order valence-corrected chi connectivity index (χ3v) is 4.96. The maximum absolute atomic E-state index is 11.1. The van der Waals surface area contributed by atoms with E-state index in [2.05, 4.69) is 21.8 Å². The summed E-state index contributed by atoms with van der Waals surface area (Å²) in [5.74, 6) is 0.457. The second-order valence-electron chi connectivity index (χ2n) is 5.22. The first kappa shape index (κ1) is 14.7. The predicted octanol–water partition coefficient (Wildman–Crippen LogP) is 2.39. The molecule has 22 heavy (non-hydrogen) atoms. The normalized spacial score (nSPS) is 15.2. The van der Waals surface area contributed by atoms with Crippen LogP contribution in [0.3, 0.4) is 0 Å². The average molecular weight is 319 g/mol. The molecule has 0 amide bonds. The van der Waals surface area contributed by atoms with Crippen LogP contribution in [0.4, 0.5) is 16.6 Å². The van der Waals surface area contributed by atoms with Crippen molar-refractivity contribution in [2.24, 2.45) is 0 Å². The molecule has 0 aliphatic carbocycles. The molecule has 8 heteroatoms. The fourth-order valence-corrected chi connectivity index (χ4v) is 3.44. The maximum Gasteiger partial charge on any atom is 0.311 e. The van der Waals surface area contributed by atoms with Crippen LogP contribution < -0.4 is 9.80 Å². The Labute approximate surface area is 132 Å². The largest absolute Gasteiger partial charge is 0.347 e. The van der Waals surface area contributed by atoms with Crippen LogP contribution in [0, 0.1) is 24.0 Å². The van der Waals surface area contributed by atoms with Gasteiger partial charge in [-0.05, 0) is 19.9 Å². The topological polar surface area (TPSA) is 75.4 Å². The number of nitro groups is 1. The second kappa shape index (κ2) is 5.88. The zero-order valence-corrected chi connectivity index (χ0v) is 13.3. The van der Waals surface area contributed by atoms with Crippen LogP contribution in [0.5, 0.6) is 0 Å². The van der Waals surface area contributed by atoms with E-state index in [1.807, 2.05) is 11.8 Å². The fourth-order valence-electron chi connectivity index (χ4n) is 2.48. The van der Waals surface area contributed by atoms with Crippen molar-refractivity contribution in [3.8, 4) is 0 Å². The molecule has 0 spiro atoms. The molecule has 0 aromatic carbocycles. The minimum atomic E-state index is -0.373. The summed E-state index contributed by atoms with van der Waals surface area (Å²) in [6.07, 6.45) is 1.60. The molecule has 3 rings (SSSR count). The van der Waals surface area contributed by atoms with Gasteiger partial charge in [-0.3, -0.25) is 10.1 Å². The maximum atomic E-state index is 11.1. The molecule has 0 radical (unpaired) electrons. The van der Waals surface area contributed by atoms with Gasteiger partial charge in [0.05, 0.1) is 10.6 Å². The molecule has 7 nitrogen and oxygen atoms in total. The number of rotatable bonds is 3. The summed E-state index contributed by atoms with van der Waals surface area (Å²) in [6, 6.07) is 3.10. The van der Waals surface area contributed by atoms with Crippen molar-refractivity contribution in [2.45, 2.75) is 13.8 Å². The Morgan fingerprint density at radius 3 is 2.50 bits per heavy atom. The number of pyridine rings is 1. The zero-order valence-electron chi connectivity index (χ0n) is 12.5. The molecule has 0 N–H and O–H groups in total. The highest BCUT2D eigenvalue weighted by Gasteiger charge is 2.25. The fraction of sp³-hybridized carbons (Fsp3) is 0.429. The summed E-state index contributed by atoms with van der Waals surface area (Å²) >= 11 is 1.70. The molecule has 2 aromatic rings. The van der Waals surface area contributed by atoms with Gasteiger partial charge in [-0.2, -0.15) is 0 Å². The lowest BCUT2D eigenvalue weighted by Gasteiger charge is -2.34. The standard InChI is InChI=1S/C14H17N5O2S/c1-10-11(2)22-14(16-10)18-8-6-17(7-9-18)13-12(19(20)21)4-3-5-15-13/h3-5H,6-9H2,1-2H3. The Kier molecular flexibility index (Phi) is 3.93. The lowest BCUT2D eigenvalue weighted by molar-refractivity contribution is -0.384. The van der Waals surface area contributed by atoms with Gasteiger partial charge in [0.15, 0.2) is 5.13 Å². The molecule has 1 aliphatic rings. The van der Waals surface area contributed by atoms with Crippen molar-refractivity contribution >= 4 is 28.0 Å². The number of thiazole rings is 1. The molecular weight excluding hydrogens is 302 g/mol. The van der Waals surface area contributed by atoms with Crippen LogP contribution in [0.1, 0.15) is 10.6 Å². The quantitative estimate of drug-likeness (QED) is 0.639. The number of hydrogen-bond donors (Lipinski definition) is 0. The smallest absolute Gasteiger partial charge is 0.311 e. The van der Waals surface area contributed by atoms with Gasteiger partial charge in [-0.25, -0.2) is 9.97 Å². The van der Waals surface area contributed by atoms with Gasteiger partial charge in [0.1, 0.15) is 0 Å². The van der Waals surface area contributed by atoms with Crippen LogP contribution in [0.25, 0.3) is 0 Å². The first-order valence-electron chi connectivity index (χ1n) is 7.09. The van der Waals surface area contributed by atoms with E-state index in [0.717, 1.165) is 23.9 Å². The van der Waals surface area contributed by atoms with Crippen LogP contribution >= 0.6 is 11.3 Å². The average Bonchev–Trinajstić information content (AvgIpc) is 2.87. The summed E-state index contributed by atoms with van der Waals surface area (Å²) in [5, 5.41) is 12.1. The highest BCUT2D eigenvalue weighted by atomic mass is 32.1. The van der Waals surface area contributed by atoms with Crippen LogP contribution in [0.2, 0.25) is 0 Å². The molecule has 0 bridgehead atoms. The summed E-state index contributed by atoms with van der Waals surface area (Å²) in [7, 11) is 0. The Bertz CT molecular complexity index is 675. The minimum absolute atomic E-state index is 0.0666. The Morgan fingerprint density at radius 1 is 1.23 bits per heavy atom. The molecular formula is C14H17N5O2S. The number of hydrogen-bond acceptors (Lipinski definition) is 7. The molecule has 2 aromatic heterocycles. The predicted molar refractivity (Wildman–Crippen MR) is 86.9 cm³/mol. The summed E-state index contributed by atoms with van der Waals surface area (Å²) in [5.41, 5.74) is 1.14. The second-order valence-corrected chi connectivity index (χ2v) is 6.40. The third-order valence-electron chi connectivity index (χ3n) is 3.83. The highest BCUT2D eigenvalue weighted by molar-refractivity contribution is 7.15. The lowest BCUT2D eigenvalue weighted by Crippen LogP contribution is -2.47. The monoisotopic (exact) mass is 319 g/mol. The van der Waals surface area contributed by atoms with Crippen molar-refractivity contribution in [3.05, 3.63) is 39.0 Å². The van der Waals surface area contributed by atoms with E-state index in [4.69, 9.17) is 0 Å². The zero-order chi connectivity index (χ0) is 15.7. The van der Waals surface area contributed by atoms with Gasteiger partial charge >= 0.3 is 5.69 Å². The van der Waals surface area contributed by atoms with Gasteiger partial charge in [-0.1, -0.05) is 0 Å². The van der Waals surface area contributed by atoms with E-state index in [9.17, 15) is 10.1 Å². The SMILES string of the molecule is Cc1nc(N2CCN(c3ncccc3[N+](=O)[O-])CC2)sc1C. The van der Waals surface area contributed by atoms with Gasteiger partial charge in [0, 0.05) is 43.3 Å². The summed E-state index contributed by atoms with van der Waals surface area (Å²) < 4.78 is 0. The number of piperazine rings is 1. The van der Waals surface area contributed by atoms with Crippen LogP contribution in [0.15, 0.2) is 18.3 Å². The van der Waals surface area contributed by atoms with E-state index in [1.54, 1.807) is 23.6 Å². The Balaban J connectivity index is 1.73. The van der Waals surface area contributed by atoms with Crippen molar-refractivity contribution in [1.82, 2.24) is 9.97 Å². The van der Waals surface area contributed by atoms with Crippen molar-refractivity contribution < 1.29 is 4.92 Å². The van der Waals surface area contributed by atoms with Crippen molar-refractivity contribution in [1.29, 1.82) is 0 Å². The van der Waals surface area contributed by atoms with Gasteiger partial charge in [0.2, 0.25) is 5.82 Å². The summed E-state index contributed by atoms with van der Waals surface area (Å²) in [6.45, 7) is 7.08. The van der Waals surface area contributed by atoms with Gasteiger partial charge in [-0.15, -0.1) is 11.3 Å². The number of aryl methyl sites for hydroxylation is 2. The molecule has 0 atom stereocenters. The van der Waals surface area contributed by atoms with E-state index in [1.165, 1.54) is 10.9 Å². The van der Waals surface area contributed by atoms with Gasteiger partial charge < -0.3 is 9.80 Å². The molecule has 0 unspecified atom stereocenters. The lowest BCUT2D eigenvalue weighted by atomic mass is 10.3. The van der Waals surface area contributed by atoms with E-state index in [0.29, 0.717) is 18.9 Å². The van der Waals surface area contributed by atoms with Crippen LogP contribution in [-0.4, -0.2) is 41.1 Å². The first-order valence-corrected chi connectivity index (χ1v) is 7.91. The Hall–Kier alpha value is -2.22. The number of anilines is 2. The van der Waals surface area contributed by atoms with E-state index in [-0.39, 0.29) is 10.6 Å². The molecule has 3 heterocycles. The van der Waals surface area contributed by atoms with Crippen molar-refractivity contribution in [3.63, 3.8) is 0 Å². The molecule has 0 saturated carbocycles. The van der Waals surface area contributed by atoms with E-state index < -0.39 is 0 Å². The highest BCUT2D eigenvalue weighted by Crippen LogP contribution is 2.29. The molecule has 1 fully saturated rings. The minimum Gasteiger partial charge on any atom is -0.347 e. The number of aromatic nitrogens is 2. The van der Waals surface area contributed by atoms with Crippen molar-refractivity contribution in [2.75, 3.05) is 36.0 Å². The number of nitrogens with zero attached hydrogens (tertiary/aromatic N) is 5. The Morgan fingerprint density at radius 2 is 1.91 bits per heavy atom. The molecule has 1 saturated heterocycles. The van der Waals surface area contributed by atoms with E-state index >= 15 is 0 Å². The first-order chi connectivity index (χ1) is 10.6.